The van der Waals surface area contributed by atoms with Crippen LogP contribution in [0.1, 0.15) is 20.8 Å². The molecule has 1 saturated heterocycles. The van der Waals surface area contributed by atoms with E-state index >= 15 is 0 Å². The Morgan fingerprint density at radius 1 is 1.13 bits per heavy atom. The molecule has 0 radical (unpaired) electrons. The highest BCUT2D eigenvalue weighted by Crippen LogP contribution is 2.41. The molecule has 0 aromatic rings. The molecule has 0 aromatic heterocycles. The Balaban J connectivity index is 2.99. The lowest BCUT2D eigenvalue weighted by Gasteiger charge is -2.47. The van der Waals surface area contributed by atoms with E-state index in [2.05, 4.69) is 42.9 Å². The van der Waals surface area contributed by atoms with Gasteiger partial charge in [0.25, 0.3) is 0 Å². The van der Waals surface area contributed by atoms with Gasteiger partial charge in [0.1, 0.15) is 5.60 Å². The Morgan fingerprint density at radius 3 is 2.00 bits per heavy atom. The largest absolute Gasteiger partial charge is 0.206 e. The summed E-state index contributed by atoms with van der Waals surface area (Å²) in [5.74, 6) is 0.0922. The molecule has 0 spiro atoms. The van der Waals surface area contributed by atoms with Crippen LogP contribution in [0.3, 0.4) is 0 Å². The zero-order valence-electron chi connectivity index (χ0n) is 9.08. The van der Waals surface area contributed by atoms with Gasteiger partial charge in [-0.25, -0.2) is 4.89 Å². The van der Waals surface area contributed by atoms with Crippen molar-refractivity contribution >= 4 is 37.9 Å². The van der Waals surface area contributed by atoms with E-state index in [1.807, 2.05) is 20.8 Å². The minimum atomic E-state index is -0.578. The first-order chi connectivity index (χ1) is 6.93. The van der Waals surface area contributed by atoms with Crippen molar-refractivity contribution in [1.29, 1.82) is 0 Å². The van der Waals surface area contributed by atoms with Crippen molar-refractivity contribution in [2.24, 2.45) is 5.92 Å². The van der Waals surface area contributed by atoms with Crippen molar-refractivity contribution in [1.82, 2.24) is 0 Å². The molecule has 15 heavy (non-hydrogen) atoms. The maximum Gasteiger partial charge on any atom is 0.135 e. The fraction of sp³-hybridized carbons (Fsp3) is 1.00. The Bertz CT molecular complexity index is 201. The smallest absolute Gasteiger partial charge is 0.135 e. The van der Waals surface area contributed by atoms with Gasteiger partial charge in [-0.3, -0.25) is 0 Å². The van der Waals surface area contributed by atoms with Gasteiger partial charge in [-0.15, -0.1) is 0 Å². The molecule has 4 unspecified atom stereocenters. The molecule has 1 rings (SSSR count). The van der Waals surface area contributed by atoms with E-state index in [4.69, 9.17) is 9.78 Å². The van der Waals surface area contributed by atoms with E-state index in [0.717, 1.165) is 0 Å². The summed E-state index contributed by atoms with van der Waals surface area (Å²) in [6, 6.07) is 0. The molecule has 0 aliphatic carbocycles. The van der Waals surface area contributed by atoms with E-state index < -0.39 is 5.60 Å². The van der Waals surface area contributed by atoms with E-state index in [-0.39, 0.29) is 21.7 Å². The van der Waals surface area contributed by atoms with Crippen LogP contribution < -0.4 is 0 Å². The minimum absolute atomic E-state index is 0.0199. The van der Waals surface area contributed by atoms with Gasteiger partial charge >= 0.3 is 0 Å². The zero-order valence-corrected chi connectivity index (χ0v) is 11.8. The molecule has 0 amide bonds. The third kappa shape index (κ3) is 2.61. The number of hydrogen-bond donors (Lipinski definition) is 3. The van der Waals surface area contributed by atoms with Crippen LogP contribution in [-0.4, -0.2) is 28.0 Å². The summed E-state index contributed by atoms with van der Waals surface area (Å²) in [6.45, 7) is 6.38. The first-order valence-electron chi connectivity index (χ1n) is 4.94. The summed E-state index contributed by atoms with van der Waals surface area (Å²) in [5, 5.41) is 4.74. The second-order valence-corrected chi connectivity index (χ2v) is 6.35. The number of thiol groups is 3. The molecule has 1 heterocycles. The van der Waals surface area contributed by atoms with E-state index in [9.17, 15) is 0 Å². The second kappa shape index (κ2) is 5.51. The molecule has 0 N–H and O–H groups in total. The molecule has 90 valence electrons. The lowest BCUT2D eigenvalue weighted by atomic mass is 9.80. The van der Waals surface area contributed by atoms with Gasteiger partial charge in [0.15, 0.2) is 0 Å². The summed E-state index contributed by atoms with van der Waals surface area (Å²) in [5.41, 5.74) is -0.578. The van der Waals surface area contributed by atoms with Crippen LogP contribution in [-0.2, 0) is 14.8 Å². The molecular formula is C9H18O3S3. The van der Waals surface area contributed by atoms with Gasteiger partial charge in [0.2, 0.25) is 0 Å². The lowest BCUT2D eigenvalue weighted by molar-refractivity contribution is -0.578. The third-order valence-electron chi connectivity index (χ3n) is 2.94. The normalized spacial score (nSPS) is 38.4. The van der Waals surface area contributed by atoms with Crippen LogP contribution in [0.15, 0.2) is 0 Å². The van der Waals surface area contributed by atoms with Crippen LogP contribution in [0.25, 0.3) is 0 Å². The Hall–Kier alpha value is 0.930. The quantitative estimate of drug-likeness (QED) is 0.542. The van der Waals surface area contributed by atoms with Crippen molar-refractivity contribution in [3.05, 3.63) is 0 Å². The van der Waals surface area contributed by atoms with Crippen LogP contribution in [0.5, 0.6) is 0 Å². The highest BCUT2D eigenvalue weighted by molar-refractivity contribution is 7.82. The minimum Gasteiger partial charge on any atom is -0.206 e. The van der Waals surface area contributed by atoms with Gasteiger partial charge < -0.3 is 0 Å². The Labute approximate surface area is 107 Å². The molecular weight excluding hydrogens is 252 g/mol. The van der Waals surface area contributed by atoms with E-state index in [1.54, 1.807) is 0 Å². The SMILES string of the molecule is CC(S)C1COOOC1(C(C)S)C(C)S. The molecule has 1 aliphatic heterocycles. The fourth-order valence-electron chi connectivity index (χ4n) is 2.00. The predicted octanol–water partition coefficient (Wildman–Crippen LogP) is 2.19. The number of hydrogen-bond acceptors (Lipinski definition) is 6. The summed E-state index contributed by atoms with van der Waals surface area (Å²) in [7, 11) is 0. The van der Waals surface area contributed by atoms with Crippen LogP contribution in [0.2, 0.25) is 0 Å². The van der Waals surface area contributed by atoms with Gasteiger partial charge in [-0.2, -0.15) is 42.8 Å². The Morgan fingerprint density at radius 2 is 1.67 bits per heavy atom. The molecule has 0 bridgehead atoms. The predicted molar refractivity (Wildman–Crippen MR) is 69.7 cm³/mol. The van der Waals surface area contributed by atoms with Crippen LogP contribution in [0, 0.1) is 5.92 Å². The molecule has 3 nitrogen and oxygen atoms in total. The van der Waals surface area contributed by atoms with Crippen molar-refractivity contribution in [3.8, 4) is 0 Å². The number of rotatable bonds is 3. The van der Waals surface area contributed by atoms with Gasteiger partial charge in [-0.05, 0) is 0 Å². The van der Waals surface area contributed by atoms with Crippen LogP contribution >= 0.6 is 37.9 Å². The topological polar surface area (TPSA) is 27.7 Å². The van der Waals surface area contributed by atoms with Gasteiger partial charge in [-0.1, -0.05) is 25.8 Å². The highest BCUT2D eigenvalue weighted by atomic mass is 32.1. The van der Waals surface area contributed by atoms with E-state index in [0.29, 0.717) is 6.61 Å². The second-order valence-electron chi connectivity index (χ2n) is 3.99. The Kier molecular flexibility index (Phi) is 5.14. The molecule has 1 fully saturated rings. The summed E-state index contributed by atoms with van der Waals surface area (Å²) in [6.07, 6.45) is 0. The van der Waals surface area contributed by atoms with Crippen LogP contribution in [0.4, 0.5) is 0 Å². The van der Waals surface area contributed by atoms with Crippen molar-refractivity contribution < 1.29 is 14.8 Å². The fourth-order valence-corrected chi connectivity index (χ4v) is 3.35. The maximum atomic E-state index is 5.34. The van der Waals surface area contributed by atoms with Gasteiger partial charge in [0, 0.05) is 21.7 Å². The lowest BCUT2D eigenvalue weighted by Crippen LogP contribution is -2.59. The molecule has 6 heteroatoms. The van der Waals surface area contributed by atoms with Crippen molar-refractivity contribution in [3.63, 3.8) is 0 Å². The molecule has 4 atom stereocenters. The summed E-state index contributed by atoms with van der Waals surface area (Å²) in [4.78, 5) is 10.2. The first-order valence-corrected chi connectivity index (χ1v) is 6.49. The third-order valence-corrected chi connectivity index (χ3v) is 4.11. The summed E-state index contributed by atoms with van der Waals surface area (Å²) < 4.78 is 0. The average Bonchev–Trinajstić information content (AvgIpc) is 2.16. The van der Waals surface area contributed by atoms with Crippen molar-refractivity contribution in [2.75, 3.05) is 6.61 Å². The molecule has 1 aliphatic rings. The summed E-state index contributed by atoms with van der Waals surface area (Å²) >= 11 is 13.4. The van der Waals surface area contributed by atoms with Gasteiger partial charge in [0.05, 0.1) is 6.61 Å². The van der Waals surface area contributed by atoms with E-state index in [1.165, 1.54) is 0 Å². The average molecular weight is 270 g/mol. The molecule has 0 saturated carbocycles. The standard InChI is InChI=1S/C9H18O3S3/c1-5(13)8-4-10-12-11-9(8,6(2)14)7(3)15/h5-8,13-15H,4H2,1-3H3. The maximum absolute atomic E-state index is 5.34. The zero-order chi connectivity index (χ0) is 11.6. The molecule has 0 aromatic carbocycles. The monoisotopic (exact) mass is 270 g/mol. The highest BCUT2D eigenvalue weighted by Gasteiger charge is 2.52. The van der Waals surface area contributed by atoms with Crippen molar-refractivity contribution in [2.45, 2.75) is 42.1 Å². The first kappa shape index (κ1) is 14.0.